The molecule has 0 spiro atoms. The molecule has 0 saturated heterocycles. The summed E-state index contributed by atoms with van der Waals surface area (Å²) in [6, 6.07) is 25.6. The van der Waals surface area contributed by atoms with E-state index >= 15 is 0 Å². The van der Waals surface area contributed by atoms with Crippen molar-refractivity contribution in [3.63, 3.8) is 0 Å². The first-order valence-corrected chi connectivity index (χ1v) is 21.0. The third-order valence-corrected chi connectivity index (χ3v) is 16.3. The molecule has 0 aliphatic rings. The quantitative estimate of drug-likeness (QED) is 0.0508. The average molecular weight is 857 g/mol. The normalized spacial score (nSPS) is 12.4. The summed E-state index contributed by atoms with van der Waals surface area (Å²) in [5.74, 6) is 1.63. The molecule has 49 heavy (non-hydrogen) atoms. The van der Waals surface area contributed by atoms with E-state index < -0.39 is 8.07 Å². The minimum Gasteiger partial charge on any atom is -0.512 e. The molecule has 4 rings (SSSR count). The largest absolute Gasteiger partial charge is 0.512 e. The summed E-state index contributed by atoms with van der Waals surface area (Å²) in [7, 11) is -1.46. The van der Waals surface area contributed by atoms with Gasteiger partial charge in [-0.3, -0.25) is 4.79 Å². The molecule has 0 unspecified atom stereocenters. The summed E-state index contributed by atoms with van der Waals surface area (Å²) in [6.45, 7) is 28.0. The van der Waals surface area contributed by atoms with Gasteiger partial charge in [-0.2, -0.15) is 0 Å². The Hall–Kier alpha value is -2.59. The van der Waals surface area contributed by atoms with Gasteiger partial charge < -0.3 is 10.1 Å². The number of carbonyl (C=O) groups excluding carboxylic acids is 1. The maximum Gasteiger partial charge on any atom is 0.162 e. The van der Waals surface area contributed by atoms with Crippen molar-refractivity contribution in [1.29, 1.82) is 0 Å². The number of aliphatic hydroxyl groups is 1. The minimum atomic E-state index is -1.46. The number of hydrogen-bond acceptors (Lipinski definition) is 3. The predicted molar refractivity (Wildman–Crippen MR) is 212 cm³/mol. The Bertz CT molecular complexity index is 1670. The molecular formula is C44H62IrNO2Si-. The Labute approximate surface area is 312 Å². The summed E-state index contributed by atoms with van der Waals surface area (Å²) in [6.07, 6.45) is 3.44. The molecule has 0 atom stereocenters. The van der Waals surface area contributed by atoms with Gasteiger partial charge in [0.05, 0.1) is 13.8 Å². The monoisotopic (exact) mass is 857 g/mol. The number of rotatable bonds is 12. The average Bonchev–Trinajstić information content (AvgIpc) is 3.00. The molecular weight excluding hydrogens is 795 g/mol. The van der Waals surface area contributed by atoms with E-state index in [1.54, 1.807) is 5.19 Å². The fourth-order valence-corrected chi connectivity index (χ4v) is 12.1. The molecule has 0 aliphatic carbocycles. The molecule has 0 saturated carbocycles. The number of hydrogen-bond donors (Lipinski definition) is 1. The van der Waals surface area contributed by atoms with Crippen LogP contribution >= 0.6 is 0 Å². The Balaban J connectivity index is 0.000000367. The van der Waals surface area contributed by atoms with E-state index in [-0.39, 0.29) is 43.5 Å². The van der Waals surface area contributed by atoms with E-state index in [4.69, 9.17) is 4.98 Å². The number of fused-ring (bicyclic) bond motifs is 3. The number of aromatic nitrogens is 1. The number of benzene rings is 3. The van der Waals surface area contributed by atoms with Crippen molar-refractivity contribution in [3.05, 3.63) is 83.8 Å². The summed E-state index contributed by atoms with van der Waals surface area (Å²) in [5, 5.41) is 17.2. The molecule has 4 aromatic rings. The van der Waals surface area contributed by atoms with E-state index in [1.807, 2.05) is 6.20 Å². The van der Waals surface area contributed by atoms with Crippen molar-refractivity contribution in [3.8, 4) is 11.3 Å². The SMILES string of the molecule is CC(C)C(C(=O)/C=C(\O)C(C(C)C)C(C)C)C(C)C.CC[Si](CC)(CC)c1cccc2c1ccc1c(-c3[c-]c(C)cc(C)c3)nccc12.[Ir]. The maximum atomic E-state index is 12.3. The summed E-state index contributed by atoms with van der Waals surface area (Å²) >= 11 is 0. The molecule has 5 heteroatoms. The fourth-order valence-electron chi connectivity index (χ4n) is 8.26. The fraction of sp³-hybridized carbons (Fsp3) is 0.500. The maximum absolute atomic E-state index is 12.3. The Kier molecular flexibility index (Phi) is 16.1. The van der Waals surface area contributed by atoms with Crippen LogP contribution < -0.4 is 5.19 Å². The molecule has 3 aromatic carbocycles. The number of nitrogens with zero attached hydrogens (tertiary/aromatic N) is 1. The van der Waals surface area contributed by atoms with Crippen LogP contribution in [-0.4, -0.2) is 23.9 Å². The van der Waals surface area contributed by atoms with Gasteiger partial charge in [0.25, 0.3) is 0 Å². The van der Waals surface area contributed by atoms with Gasteiger partial charge in [0.1, 0.15) is 0 Å². The van der Waals surface area contributed by atoms with Crippen molar-refractivity contribution in [2.75, 3.05) is 0 Å². The summed E-state index contributed by atoms with van der Waals surface area (Å²) < 4.78 is 0. The van der Waals surface area contributed by atoms with Crippen LogP contribution in [0.5, 0.6) is 0 Å². The number of aliphatic hydroxyl groups excluding tert-OH is 1. The molecule has 1 radical (unpaired) electrons. The molecule has 0 bridgehead atoms. The van der Waals surface area contributed by atoms with E-state index in [1.165, 1.54) is 51.3 Å². The number of ketones is 1. The van der Waals surface area contributed by atoms with Crippen LogP contribution in [-0.2, 0) is 24.9 Å². The Morgan fingerprint density at radius 1 is 0.755 bits per heavy atom. The first-order valence-electron chi connectivity index (χ1n) is 18.4. The Morgan fingerprint density at radius 3 is 1.80 bits per heavy atom. The second-order valence-corrected chi connectivity index (χ2v) is 20.5. The van der Waals surface area contributed by atoms with E-state index in [2.05, 4.69) is 145 Å². The number of allylic oxidation sites excluding steroid dienone is 2. The number of carbonyl (C=O) groups is 1. The van der Waals surface area contributed by atoms with E-state index in [9.17, 15) is 9.90 Å². The third-order valence-electron chi connectivity index (χ3n) is 10.6. The standard InChI is InChI=1S/C27H30NSi.C17H32O2.Ir/c1-6-29(7-2,8-3)26-11-9-10-22-23-14-15-28-27(25(23)13-12-24(22)26)21-17-19(4)16-20(5)18-21;1-10(2)16(11(3)4)14(18)9-15(19)17(12(5)6)13(7)8;/h9-17H,6-8H2,1-5H3;9-13,16-18H,1-8H3;/q-1;;/b;14-9-;. The van der Waals surface area contributed by atoms with Crippen molar-refractivity contribution in [2.24, 2.45) is 35.5 Å². The van der Waals surface area contributed by atoms with Gasteiger partial charge in [-0.25, -0.2) is 0 Å². The molecule has 1 N–H and O–H groups in total. The zero-order valence-electron chi connectivity index (χ0n) is 32.5. The molecule has 0 amide bonds. The van der Waals surface area contributed by atoms with Crippen LogP contribution in [0.4, 0.5) is 0 Å². The van der Waals surface area contributed by atoms with Crippen LogP contribution in [0.2, 0.25) is 18.1 Å². The van der Waals surface area contributed by atoms with E-state index in [0.29, 0.717) is 23.7 Å². The van der Waals surface area contributed by atoms with Gasteiger partial charge in [0.2, 0.25) is 0 Å². The molecule has 1 aromatic heterocycles. The molecule has 1 heterocycles. The molecule has 3 nitrogen and oxygen atoms in total. The van der Waals surface area contributed by atoms with E-state index in [0.717, 1.165) is 16.8 Å². The smallest absolute Gasteiger partial charge is 0.162 e. The van der Waals surface area contributed by atoms with Crippen molar-refractivity contribution >= 4 is 40.6 Å². The molecule has 269 valence electrons. The topological polar surface area (TPSA) is 50.2 Å². The zero-order valence-corrected chi connectivity index (χ0v) is 35.9. The van der Waals surface area contributed by atoms with Crippen LogP contribution in [0.1, 0.15) is 87.3 Å². The third kappa shape index (κ3) is 9.81. The van der Waals surface area contributed by atoms with Gasteiger partial charge in [-0.15, -0.1) is 34.9 Å². The van der Waals surface area contributed by atoms with Gasteiger partial charge in [-0.1, -0.05) is 144 Å². The van der Waals surface area contributed by atoms with Crippen molar-refractivity contribution < 1.29 is 30.0 Å². The molecule has 0 aliphatic heterocycles. The van der Waals surface area contributed by atoms with Crippen LogP contribution in [0.25, 0.3) is 32.8 Å². The minimum absolute atomic E-state index is 0. The van der Waals surface area contributed by atoms with Crippen molar-refractivity contribution in [1.82, 2.24) is 4.98 Å². The zero-order chi connectivity index (χ0) is 35.9. The predicted octanol–water partition coefficient (Wildman–Crippen LogP) is 12.0. The summed E-state index contributed by atoms with van der Waals surface area (Å²) in [5.41, 5.74) is 4.53. The van der Waals surface area contributed by atoms with Crippen LogP contribution in [0.3, 0.4) is 0 Å². The van der Waals surface area contributed by atoms with Gasteiger partial charge in [-0.05, 0) is 57.0 Å². The van der Waals surface area contributed by atoms with Crippen molar-refractivity contribution in [2.45, 2.75) is 108 Å². The van der Waals surface area contributed by atoms with Gasteiger partial charge in [0.15, 0.2) is 5.78 Å². The van der Waals surface area contributed by atoms with Crippen LogP contribution in [0, 0.1) is 55.4 Å². The number of pyridine rings is 1. The molecule has 0 fully saturated rings. The number of aryl methyl sites for hydroxylation is 2. The summed E-state index contributed by atoms with van der Waals surface area (Å²) in [4.78, 5) is 17.1. The second-order valence-electron chi connectivity index (χ2n) is 15.3. The van der Waals surface area contributed by atoms with Gasteiger partial charge >= 0.3 is 0 Å². The first kappa shape index (κ1) is 42.6. The first-order chi connectivity index (χ1) is 22.6. The van der Waals surface area contributed by atoms with Crippen LogP contribution in [0.15, 0.2) is 66.6 Å². The second kappa shape index (κ2) is 18.6. The van der Waals surface area contributed by atoms with Gasteiger partial charge in [0, 0.05) is 44.2 Å². The Morgan fingerprint density at radius 2 is 1.29 bits per heavy atom.